The van der Waals surface area contributed by atoms with Crippen molar-refractivity contribution in [2.24, 2.45) is 0 Å². The first-order chi connectivity index (χ1) is 8.38. The van der Waals surface area contributed by atoms with Gasteiger partial charge in [-0.3, -0.25) is 4.57 Å². The maximum Gasteiger partial charge on any atom is 0.234 e. The van der Waals surface area contributed by atoms with Crippen molar-refractivity contribution in [3.63, 3.8) is 0 Å². The molecule has 0 aliphatic heterocycles. The Morgan fingerprint density at radius 3 is 2.71 bits per heavy atom. The molecule has 0 aliphatic carbocycles. The second-order valence-electron chi connectivity index (χ2n) is 3.66. The molecule has 3 aromatic rings. The molecule has 0 amide bonds. The second kappa shape index (κ2) is 3.90. The average Bonchev–Trinajstić information content (AvgIpc) is 2.82. The third kappa shape index (κ3) is 1.63. The molecule has 4 heteroatoms. The van der Waals surface area contributed by atoms with Crippen LogP contribution in [-0.4, -0.2) is 21.6 Å². The zero-order valence-electron chi connectivity index (χ0n) is 9.37. The second-order valence-corrected chi connectivity index (χ2v) is 3.66. The number of ether oxygens (including phenoxy) is 1. The normalized spacial score (nSPS) is 10.6. The van der Waals surface area contributed by atoms with E-state index in [0.717, 1.165) is 16.7 Å². The molecule has 2 aromatic heterocycles. The van der Waals surface area contributed by atoms with E-state index in [9.17, 15) is 0 Å². The van der Waals surface area contributed by atoms with E-state index in [1.807, 2.05) is 35.0 Å². The van der Waals surface area contributed by atoms with Crippen molar-refractivity contribution in [3.05, 3.63) is 48.9 Å². The zero-order chi connectivity index (χ0) is 11.7. The van der Waals surface area contributed by atoms with E-state index >= 15 is 0 Å². The summed E-state index contributed by atoms with van der Waals surface area (Å²) in [4.78, 5) is 8.48. The lowest BCUT2D eigenvalue weighted by Crippen LogP contribution is -1.98. The maximum atomic E-state index is 5.23. The number of hydrogen-bond donors (Lipinski definition) is 0. The van der Waals surface area contributed by atoms with Crippen LogP contribution in [0.3, 0.4) is 0 Å². The topological polar surface area (TPSA) is 39.9 Å². The lowest BCUT2D eigenvalue weighted by molar-refractivity contribution is 0.415. The molecular formula is C13H11N3O. The highest BCUT2D eigenvalue weighted by molar-refractivity contribution is 5.82. The van der Waals surface area contributed by atoms with Gasteiger partial charge in [-0.25, -0.2) is 9.97 Å². The highest BCUT2D eigenvalue weighted by Crippen LogP contribution is 2.23. The van der Waals surface area contributed by atoms with Crippen LogP contribution in [0.2, 0.25) is 0 Å². The molecule has 1 aromatic carbocycles. The van der Waals surface area contributed by atoms with Crippen LogP contribution >= 0.6 is 0 Å². The van der Waals surface area contributed by atoms with Gasteiger partial charge in [-0.1, -0.05) is 0 Å². The highest BCUT2D eigenvalue weighted by atomic mass is 16.5. The molecule has 0 unspecified atom stereocenters. The number of rotatable bonds is 2. The molecule has 0 saturated heterocycles. The van der Waals surface area contributed by atoms with E-state index in [0.29, 0.717) is 5.95 Å². The minimum absolute atomic E-state index is 0.663. The van der Waals surface area contributed by atoms with Gasteiger partial charge in [0.15, 0.2) is 0 Å². The van der Waals surface area contributed by atoms with Gasteiger partial charge in [-0.2, -0.15) is 0 Å². The van der Waals surface area contributed by atoms with Crippen LogP contribution in [0.1, 0.15) is 0 Å². The standard InChI is InChI=1S/C13H11N3O/c1-17-11-4-3-10-5-8-16(12(10)9-11)13-14-6-2-7-15-13/h2-9H,1H3. The van der Waals surface area contributed by atoms with E-state index in [2.05, 4.69) is 9.97 Å². The van der Waals surface area contributed by atoms with Crippen molar-refractivity contribution < 1.29 is 4.74 Å². The molecule has 0 N–H and O–H groups in total. The Labute approximate surface area is 98.5 Å². The van der Waals surface area contributed by atoms with Crippen LogP contribution < -0.4 is 4.74 Å². The van der Waals surface area contributed by atoms with Gasteiger partial charge in [-0.05, 0) is 24.3 Å². The smallest absolute Gasteiger partial charge is 0.234 e. The van der Waals surface area contributed by atoms with Crippen molar-refractivity contribution in [1.29, 1.82) is 0 Å². The first-order valence-electron chi connectivity index (χ1n) is 5.31. The summed E-state index contributed by atoms with van der Waals surface area (Å²) in [6, 6.07) is 9.78. The Morgan fingerprint density at radius 2 is 1.94 bits per heavy atom. The van der Waals surface area contributed by atoms with E-state index in [1.54, 1.807) is 25.6 Å². The van der Waals surface area contributed by atoms with E-state index in [4.69, 9.17) is 4.74 Å². The Hall–Kier alpha value is -2.36. The van der Waals surface area contributed by atoms with Crippen molar-refractivity contribution in [3.8, 4) is 11.7 Å². The minimum Gasteiger partial charge on any atom is -0.497 e. The summed E-state index contributed by atoms with van der Waals surface area (Å²) < 4.78 is 7.17. The highest BCUT2D eigenvalue weighted by Gasteiger charge is 2.05. The fourth-order valence-electron chi connectivity index (χ4n) is 1.83. The number of benzene rings is 1. The predicted octanol–water partition coefficient (Wildman–Crippen LogP) is 2.43. The van der Waals surface area contributed by atoms with Crippen molar-refractivity contribution in [2.45, 2.75) is 0 Å². The van der Waals surface area contributed by atoms with Gasteiger partial charge in [0.25, 0.3) is 0 Å². The molecule has 4 nitrogen and oxygen atoms in total. The van der Waals surface area contributed by atoms with Gasteiger partial charge < -0.3 is 4.74 Å². The minimum atomic E-state index is 0.663. The molecule has 0 radical (unpaired) electrons. The molecule has 0 fully saturated rings. The van der Waals surface area contributed by atoms with Crippen molar-refractivity contribution in [2.75, 3.05) is 7.11 Å². The molecule has 3 rings (SSSR count). The number of nitrogens with zero attached hydrogens (tertiary/aromatic N) is 3. The first-order valence-corrected chi connectivity index (χ1v) is 5.31. The Morgan fingerprint density at radius 1 is 1.12 bits per heavy atom. The molecule has 0 aliphatic rings. The quantitative estimate of drug-likeness (QED) is 0.672. The number of aromatic nitrogens is 3. The fourth-order valence-corrected chi connectivity index (χ4v) is 1.83. The summed E-state index contributed by atoms with van der Waals surface area (Å²) in [5.41, 5.74) is 1.04. The van der Waals surface area contributed by atoms with Crippen LogP contribution in [0, 0.1) is 0 Å². The summed E-state index contributed by atoms with van der Waals surface area (Å²) in [6.45, 7) is 0. The fraction of sp³-hybridized carbons (Fsp3) is 0.0769. The van der Waals surface area contributed by atoms with E-state index < -0.39 is 0 Å². The number of methoxy groups -OCH3 is 1. The summed E-state index contributed by atoms with van der Waals surface area (Å²) >= 11 is 0. The molecule has 0 atom stereocenters. The van der Waals surface area contributed by atoms with Gasteiger partial charge in [0.1, 0.15) is 5.75 Å². The van der Waals surface area contributed by atoms with Crippen LogP contribution in [0.5, 0.6) is 5.75 Å². The van der Waals surface area contributed by atoms with Crippen molar-refractivity contribution >= 4 is 10.9 Å². The van der Waals surface area contributed by atoms with Crippen LogP contribution in [0.4, 0.5) is 0 Å². The summed E-state index contributed by atoms with van der Waals surface area (Å²) in [5, 5.41) is 1.14. The predicted molar refractivity (Wildman–Crippen MR) is 65.4 cm³/mol. The third-order valence-corrected chi connectivity index (χ3v) is 2.67. The maximum absolute atomic E-state index is 5.23. The third-order valence-electron chi connectivity index (χ3n) is 2.67. The summed E-state index contributed by atoms with van der Waals surface area (Å²) in [7, 11) is 1.66. The zero-order valence-corrected chi connectivity index (χ0v) is 9.37. The monoisotopic (exact) mass is 225 g/mol. The summed E-state index contributed by atoms with van der Waals surface area (Å²) in [5.74, 6) is 1.49. The lowest BCUT2D eigenvalue weighted by atomic mass is 10.2. The first kappa shape index (κ1) is 9.84. The molecule has 2 heterocycles. The van der Waals surface area contributed by atoms with Gasteiger partial charge in [-0.15, -0.1) is 0 Å². The van der Waals surface area contributed by atoms with Crippen LogP contribution in [0.25, 0.3) is 16.9 Å². The van der Waals surface area contributed by atoms with Crippen molar-refractivity contribution in [1.82, 2.24) is 14.5 Å². The lowest BCUT2D eigenvalue weighted by Gasteiger charge is -2.04. The molecule has 17 heavy (non-hydrogen) atoms. The Balaban J connectivity index is 2.23. The molecule has 84 valence electrons. The Bertz CT molecular complexity index is 646. The van der Waals surface area contributed by atoms with Gasteiger partial charge >= 0.3 is 0 Å². The average molecular weight is 225 g/mol. The molecule has 0 bridgehead atoms. The SMILES string of the molecule is COc1ccc2ccn(-c3ncccn3)c2c1. The number of fused-ring (bicyclic) bond motifs is 1. The Kier molecular flexibility index (Phi) is 2.26. The number of hydrogen-bond acceptors (Lipinski definition) is 3. The van der Waals surface area contributed by atoms with Gasteiger partial charge in [0.2, 0.25) is 5.95 Å². The van der Waals surface area contributed by atoms with E-state index in [-0.39, 0.29) is 0 Å². The summed E-state index contributed by atoms with van der Waals surface area (Å²) in [6.07, 6.45) is 5.42. The van der Waals surface area contributed by atoms with Gasteiger partial charge in [0, 0.05) is 30.0 Å². The van der Waals surface area contributed by atoms with Crippen LogP contribution in [-0.2, 0) is 0 Å². The molecular weight excluding hydrogens is 214 g/mol. The largest absolute Gasteiger partial charge is 0.497 e. The van der Waals surface area contributed by atoms with Gasteiger partial charge in [0.05, 0.1) is 12.6 Å². The van der Waals surface area contributed by atoms with E-state index in [1.165, 1.54) is 0 Å². The molecule has 0 saturated carbocycles. The van der Waals surface area contributed by atoms with Crippen LogP contribution in [0.15, 0.2) is 48.9 Å². The molecule has 0 spiro atoms.